The van der Waals surface area contributed by atoms with Gasteiger partial charge in [-0.1, -0.05) is 41.0 Å². The molecule has 102 valence electrons. The Morgan fingerprint density at radius 2 is 2.16 bits per heavy atom. The van der Waals surface area contributed by atoms with Crippen LogP contribution >= 0.6 is 35.0 Å². The van der Waals surface area contributed by atoms with Gasteiger partial charge in [-0.2, -0.15) is 0 Å². The van der Waals surface area contributed by atoms with Crippen LogP contribution in [-0.2, 0) is 16.1 Å². The van der Waals surface area contributed by atoms with Crippen molar-refractivity contribution in [1.82, 2.24) is 4.90 Å². The van der Waals surface area contributed by atoms with Crippen molar-refractivity contribution >= 4 is 46.0 Å². The lowest BCUT2D eigenvalue weighted by atomic mass is 10.2. The van der Waals surface area contributed by atoms with Crippen LogP contribution < -0.4 is 0 Å². The summed E-state index contributed by atoms with van der Waals surface area (Å²) in [6.45, 7) is 2.63. The molecule has 0 aliphatic carbocycles. The molecule has 1 heterocycles. The molecule has 0 spiro atoms. The number of hydrogen-bond acceptors (Lipinski definition) is 3. The topological polar surface area (TPSA) is 37.4 Å². The quantitative estimate of drug-likeness (QED) is 0.857. The number of carbonyl (C=O) groups excluding carboxylic acids is 2. The molecule has 1 fully saturated rings. The zero-order chi connectivity index (χ0) is 14.0. The van der Waals surface area contributed by atoms with Gasteiger partial charge in [0, 0.05) is 31.7 Å². The fraction of sp³-hybridized carbons (Fsp3) is 0.385. The lowest BCUT2D eigenvalue weighted by molar-refractivity contribution is -0.128. The molecule has 0 radical (unpaired) electrons. The van der Waals surface area contributed by atoms with Crippen LogP contribution in [-0.4, -0.2) is 27.7 Å². The molecule has 3 nitrogen and oxygen atoms in total. The average molecular weight is 318 g/mol. The summed E-state index contributed by atoms with van der Waals surface area (Å²) in [5, 5.41) is 1.10. The first-order valence-electron chi connectivity index (χ1n) is 5.84. The summed E-state index contributed by atoms with van der Waals surface area (Å²) >= 11 is 13.0. The van der Waals surface area contributed by atoms with E-state index in [0.717, 1.165) is 5.56 Å². The van der Waals surface area contributed by atoms with Gasteiger partial charge < -0.3 is 4.90 Å². The van der Waals surface area contributed by atoms with Gasteiger partial charge in [-0.15, -0.1) is 0 Å². The predicted octanol–water partition coefficient (Wildman–Crippen LogP) is 3.37. The van der Waals surface area contributed by atoms with E-state index < -0.39 is 0 Å². The highest BCUT2D eigenvalue weighted by Crippen LogP contribution is 2.27. The first-order valence-corrected chi connectivity index (χ1v) is 7.48. The van der Waals surface area contributed by atoms with Gasteiger partial charge in [0.15, 0.2) is 5.12 Å². The molecule has 19 heavy (non-hydrogen) atoms. The molecule has 1 aromatic rings. The number of amides is 1. The molecule has 6 heteroatoms. The monoisotopic (exact) mass is 317 g/mol. The standard InChI is InChI=1S/C13H13Cl2NO2S/c1-8(17)19-10-5-13(18)16(7-10)6-9-2-3-11(14)12(15)4-9/h2-4,10H,5-7H2,1H3. The third-order valence-electron chi connectivity index (χ3n) is 2.87. The highest BCUT2D eigenvalue weighted by atomic mass is 35.5. The van der Waals surface area contributed by atoms with Crippen molar-refractivity contribution in [2.75, 3.05) is 6.54 Å². The number of benzene rings is 1. The second-order valence-corrected chi connectivity index (χ2v) is 6.75. The Labute approximate surface area is 126 Å². The summed E-state index contributed by atoms with van der Waals surface area (Å²) in [7, 11) is 0. The van der Waals surface area contributed by atoms with E-state index in [4.69, 9.17) is 23.2 Å². The van der Waals surface area contributed by atoms with Crippen LogP contribution in [0.5, 0.6) is 0 Å². The van der Waals surface area contributed by atoms with Gasteiger partial charge >= 0.3 is 0 Å². The van der Waals surface area contributed by atoms with Crippen LogP contribution in [0.15, 0.2) is 18.2 Å². The van der Waals surface area contributed by atoms with Crippen molar-refractivity contribution in [3.8, 4) is 0 Å². The van der Waals surface area contributed by atoms with E-state index in [1.165, 1.54) is 18.7 Å². The Bertz CT molecular complexity index is 521. The highest BCUT2D eigenvalue weighted by molar-refractivity contribution is 8.14. The summed E-state index contributed by atoms with van der Waals surface area (Å²) in [6, 6.07) is 5.34. The van der Waals surface area contributed by atoms with Crippen molar-refractivity contribution in [3.63, 3.8) is 0 Å². The van der Waals surface area contributed by atoms with E-state index in [9.17, 15) is 9.59 Å². The van der Waals surface area contributed by atoms with E-state index in [1.54, 1.807) is 17.0 Å². The van der Waals surface area contributed by atoms with Crippen LogP contribution in [0.1, 0.15) is 18.9 Å². The summed E-state index contributed by atoms with van der Waals surface area (Å²) in [4.78, 5) is 24.7. The number of rotatable bonds is 3. The van der Waals surface area contributed by atoms with E-state index in [-0.39, 0.29) is 16.3 Å². The van der Waals surface area contributed by atoms with Gasteiger partial charge in [-0.3, -0.25) is 9.59 Å². The molecule has 2 rings (SSSR count). The molecule has 1 amide bonds. The smallest absolute Gasteiger partial charge is 0.224 e. The largest absolute Gasteiger partial charge is 0.337 e. The van der Waals surface area contributed by atoms with Crippen LogP contribution in [0.25, 0.3) is 0 Å². The fourth-order valence-corrected chi connectivity index (χ4v) is 3.33. The third kappa shape index (κ3) is 3.88. The lowest BCUT2D eigenvalue weighted by Gasteiger charge is -2.16. The van der Waals surface area contributed by atoms with Crippen LogP contribution in [0.3, 0.4) is 0 Å². The molecule has 1 aliphatic heterocycles. The Balaban J connectivity index is 2.01. The van der Waals surface area contributed by atoms with Crippen molar-refractivity contribution in [2.45, 2.75) is 25.1 Å². The van der Waals surface area contributed by atoms with Crippen LogP contribution in [0.4, 0.5) is 0 Å². The van der Waals surface area contributed by atoms with Crippen molar-refractivity contribution < 1.29 is 9.59 Å². The molecule has 0 saturated carbocycles. The molecule has 0 aromatic heterocycles. The molecule has 0 N–H and O–H groups in total. The van der Waals surface area contributed by atoms with Gasteiger partial charge in [0.05, 0.1) is 10.0 Å². The molecule has 0 bridgehead atoms. The first-order chi connectivity index (χ1) is 8.95. The maximum atomic E-state index is 11.9. The first kappa shape index (κ1) is 14.7. The molecular formula is C13H13Cl2NO2S. The Hall–Kier alpha value is -0.710. The third-order valence-corrected chi connectivity index (χ3v) is 4.59. The summed E-state index contributed by atoms with van der Waals surface area (Å²) < 4.78 is 0. The van der Waals surface area contributed by atoms with Crippen molar-refractivity contribution in [1.29, 1.82) is 0 Å². The summed E-state index contributed by atoms with van der Waals surface area (Å²) in [5.41, 5.74) is 0.941. The second-order valence-electron chi connectivity index (χ2n) is 4.46. The van der Waals surface area contributed by atoms with Gasteiger partial charge in [0.25, 0.3) is 0 Å². The lowest BCUT2D eigenvalue weighted by Crippen LogP contribution is -2.25. The van der Waals surface area contributed by atoms with Crippen molar-refractivity contribution in [2.24, 2.45) is 0 Å². The maximum absolute atomic E-state index is 11.9. The molecule has 1 unspecified atom stereocenters. The molecule has 1 aliphatic rings. The number of thioether (sulfide) groups is 1. The zero-order valence-corrected chi connectivity index (χ0v) is 12.7. The van der Waals surface area contributed by atoms with Crippen molar-refractivity contribution in [3.05, 3.63) is 33.8 Å². The van der Waals surface area contributed by atoms with Gasteiger partial charge in [0.1, 0.15) is 0 Å². The Morgan fingerprint density at radius 3 is 2.79 bits per heavy atom. The number of carbonyl (C=O) groups is 2. The second kappa shape index (κ2) is 6.16. The number of likely N-dealkylation sites (tertiary alicyclic amines) is 1. The summed E-state index contributed by atoms with van der Waals surface area (Å²) in [5.74, 6) is 0.0739. The Morgan fingerprint density at radius 1 is 1.42 bits per heavy atom. The SMILES string of the molecule is CC(=O)SC1CC(=O)N(Cc2ccc(Cl)c(Cl)c2)C1. The minimum Gasteiger partial charge on any atom is -0.337 e. The number of halogens is 2. The maximum Gasteiger partial charge on any atom is 0.224 e. The number of hydrogen-bond donors (Lipinski definition) is 0. The van der Waals surface area contributed by atoms with Gasteiger partial charge in [-0.25, -0.2) is 0 Å². The van der Waals surface area contributed by atoms with Crippen LogP contribution in [0.2, 0.25) is 10.0 Å². The van der Waals surface area contributed by atoms with Gasteiger partial charge in [0.2, 0.25) is 5.91 Å². The zero-order valence-electron chi connectivity index (χ0n) is 10.4. The van der Waals surface area contributed by atoms with E-state index in [2.05, 4.69) is 0 Å². The minimum atomic E-state index is 0.0502. The molecule has 1 aromatic carbocycles. The Kier molecular flexibility index (Phi) is 4.76. The molecular weight excluding hydrogens is 305 g/mol. The number of nitrogens with zero attached hydrogens (tertiary/aromatic N) is 1. The molecule has 1 saturated heterocycles. The summed E-state index contributed by atoms with van der Waals surface area (Å²) in [6.07, 6.45) is 0.422. The molecule has 1 atom stereocenters. The fourth-order valence-electron chi connectivity index (χ4n) is 2.06. The predicted molar refractivity (Wildman–Crippen MR) is 78.6 cm³/mol. The normalized spacial score (nSPS) is 19.0. The van der Waals surface area contributed by atoms with E-state index in [0.29, 0.717) is 29.6 Å². The minimum absolute atomic E-state index is 0.0502. The van der Waals surface area contributed by atoms with E-state index >= 15 is 0 Å². The average Bonchev–Trinajstić information content (AvgIpc) is 2.63. The van der Waals surface area contributed by atoms with Gasteiger partial charge in [-0.05, 0) is 17.7 Å². The van der Waals surface area contributed by atoms with E-state index in [1.807, 2.05) is 6.07 Å². The highest BCUT2D eigenvalue weighted by Gasteiger charge is 2.30. The van der Waals surface area contributed by atoms with Crippen LogP contribution in [0, 0.1) is 0 Å².